The molecule has 1 rings (SSSR count). The molecule has 0 unspecified atom stereocenters. The van der Waals surface area contributed by atoms with E-state index < -0.39 is 0 Å². The number of carbonyl (C=O) groups excluding carboxylic acids is 1. The molecule has 0 amide bonds. The van der Waals surface area contributed by atoms with E-state index in [1.165, 1.54) is 13.5 Å². The first-order chi connectivity index (χ1) is 10.2. The zero-order valence-corrected chi connectivity index (χ0v) is 13.4. The molecule has 0 atom stereocenters. The Morgan fingerprint density at radius 3 is 2.76 bits per heavy atom. The van der Waals surface area contributed by atoms with Crippen LogP contribution in [0, 0.1) is 0 Å². The molecule has 1 aromatic rings. The van der Waals surface area contributed by atoms with E-state index in [1.807, 2.05) is 0 Å². The summed E-state index contributed by atoms with van der Waals surface area (Å²) in [5.74, 6) is -0.321. The van der Waals surface area contributed by atoms with Crippen LogP contribution in [0.4, 0.5) is 0 Å². The highest BCUT2D eigenvalue weighted by Crippen LogP contribution is 2.03. The lowest BCUT2D eigenvalue weighted by molar-refractivity contribution is 0.0600. The van der Waals surface area contributed by atoms with Gasteiger partial charge in [-0.2, -0.15) is 0 Å². The second kappa shape index (κ2) is 10.3. The number of esters is 1. The first kappa shape index (κ1) is 17.6. The van der Waals surface area contributed by atoms with E-state index in [0.29, 0.717) is 12.1 Å². The standard InChI is InChI=1S/C16H27N3O2/c1-4-19(5-2)11-7-6-9-17-13-15-12-14(8-10-18-15)16(20)21-3/h8,10,12,17H,4-7,9,11,13H2,1-3H3. The Labute approximate surface area is 127 Å². The summed E-state index contributed by atoms with van der Waals surface area (Å²) in [7, 11) is 1.39. The average Bonchev–Trinajstić information content (AvgIpc) is 2.53. The summed E-state index contributed by atoms with van der Waals surface area (Å²) in [6.45, 7) is 9.43. The van der Waals surface area contributed by atoms with E-state index in [2.05, 4.69) is 29.0 Å². The molecule has 1 aromatic heterocycles. The van der Waals surface area contributed by atoms with E-state index in [9.17, 15) is 4.79 Å². The number of carbonyl (C=O) groups is 1. The molecule has 1 heterocycles. The summed E-state index contributed by atoms with van der Waals surface area (Å²) in [6, 6.07) is 3.44. The normalized spacial score (nSPS) is 10.9. The van der Waals surface area contributed by atoms with Gasteiger partial charge in [0.05, 0.1) is 18.4 Å². The van der Waals surface area contributed by atoms with Gasteiger partial charge in [-0.1, -0.05) is 13.8 Å². The van der Waals surface area contributed by atoms with Crippen molar-refractivity contribution in [3.05, 3.63) is 29.6 Å². The van der Waals surface area contributed by atoms with Crippen LogP contribution < -0.4 is 5.32 Å². The molecular weight excluding hydrogens is 266 g/mol. The van der Waals surface area contributed by atoms with Crippen molar-refractivity contribution >= 4 is 5.97 Å². The third-order valence-corrected chi connectivity index (χ3v) is 3.52. The third kappa shape index (κ3) is 6.69. The molecular formula is C16H27N3O2. The fraction of sp³-hybridized carbons (Fsp3) is 0.625. The fourth-order valence-corrected chi connectivity index (χ4v) is 2.16. The Hall–Kier alpha value is -1.46. The fourth-order valence-electron chi connectivity index (χ4n) is 2.16. The smallest absolute Gasteiger partial charge is 0.337 e. The van der Waals surface area contributed by atoms with Crippen molar-refractivity contribution in [1.82, 2.24) is 15.2 Å². The minimum Gasteiger partial charge on any atom is -0.465 e. The number of nitrogens with zero attached hydrogens (tertiary/aromatic N) is 2. The van der Waals surface area contributed by atoms with Crippen molar-refractivity contribution < 1.29 is 9.53 Å². The van der Waals surface area contributed by atoms with Crippen molar-refractivity contribution in [2.75, 3.05) is 33.3 Å². The predicted molar refractivity (Wildman–Crippen MR) is 84.3 cm³/mol. The number of unbranched alkanes of at least 4 members (excludes halogenated alkanes) is 1. The first-order valence-corrected chi connectivity index (χ1v) is 7.67. The summed E-state index contributed by atoms with van der Waals surface area (Å²) in [4.78, 5) is 18.1. The zero-order valence-electron chi connectivity index (χ0n) is 13.4. The topological polar surface area (TPSA) is 54.5 Å². The van der Waals surface area contributed by atoms with E-state index in [0.717, 1.165) is 38.3 Å². The first-order valence-electron chi connectivity index (χ1n) is 7.67. The predicted octanol–water partition coefficient (Wildman–Crippen LogP) is 2.08. The maximum atomic E-state index is 11.4. The molecule has 5 heteroatoms. The molecule has 0 bridgehead atoms. The summed E-state index contributed by atoms with van der Waals surface area (Å²) < 4.78 is 4.70. The molecule has 0 aliphatic carbocycles. The van der Waals surface area contributed by atoms with Gasteiger partial charge in [-0.25, -0.2) is 4.79 Å². The van der Waals surface area contributed by atoms with E-state index in [1.54, 1.807) is 18.3 Å². The van der Waals surface area contributed by atoms with E-state index in [4.69, 9.17) is 4.74 Å². The number of rotatable bonds is 10. The average molecular weight is 293 g/mol. The van der Waals surface area contributed by atoms with Crippen molar-refractivity contribution in [2.45, 2.75) is 33.2 Å². The SMILES string of the molecule is CCN(CC)CCCCNCc1cc(C(=O)OC)ccn1. The van der Waals surface area contributed by atoms with Crippen LogP contribution >= 0.6 is 0 Å². The number of aromatic nitrogens is 1. The summed E-state index contributed by atoms with van der Waals surface area (Å²) in [5, 5.41) is 3.36. The van der Waals surface area contributed by atoms with Crippen LogP contribution in [-0.2, 0) is 11.3 Å². The highest BCUT2D eigenvalue weighted by molar-refractivity contribution is 5.89. The van der Waals surface area contributed by atoms with Gasteiger partial charge in [0, 0.05) is 12.7 Å². The van der Waals surface area contributed by atoms with Crippen LogP contribution in [0.5, 0.6) is 0 Å². The maximum absolute atomic E-state index is 11.4. The summed E-state index contributed by atoms with van der Waals surface area (Å²) in [6.07, 6.45) is 3.99. The summed E-state index contributed by atoms with van der Waals surface area (Å²) >= 11 is 0. The van der Waals surface area contributed by atoms with E-state index in [-0.39, 0.29) is 5.97 Å². The van der Waals surface area contributed by atoms with Gasteiger partial charge in [-0.05, 0) is 51.2 Å². The Balaban J connectivity index is 2.22. The molecule has 0 aromatic carbocycles. The lowest BCUT2D eigenvalue weighted by atomic mass is 10.2. The third-order valence-electron chi connectivity index (χ3n) is 3.52. The van der Waals surface area contributed by atoms with Gasteiger partial charge in [-0.3, -0.25) is 4.98 Å². The Morgan fingerprint density at radius 2 is 2.10 bits per heavy atom. The van der Waals surface area contributed by atoms with Gasteiger partial charge in [0.25, 0.3) is 0 Å². The Kier molecular flexibility index (Phi) is 8.62. The molecule has 0 aliphatic heterocycles. The number of methoxy groups -OCH3 is 1. The minimum atomic E-state index is -0.321. The van der Waals surface area contributed by atoms with Crippen molar-refractivity contribution in [2.24, 2.45) is 0 Å². The van der Waals surface area contributed by atoms with Crippen LogP contribution in [0.25, 0.3) is 0 Å². The van der Waals surface area contributed by atoms with Gasteiger partial charge < -0.3 is 15.0 Å². The molecule has 0 fully saturated rings. The lowest BCUT2D eigenvalue weighted by Crippen LogP contribution is -2.25. The number of pyridine rings is 1. The quantitative estimate of drug-likeness (QED) is 0.529. The van der Waals surface area contributed by atoms with E-state index >= 15 is 0 Å². The van der Waals surface area contributed by atoms with Crippen LogP contribution in [0.1, 0.15) is 42.7 Å². The lowest BCUT2D eigenvalue weighted by Gasteiger charge is -2.17. The van der Waals surface area contributed by atoms with Crippen molar-refractivity contribution in [3.63, 3.8) is 0 Å². The molecule has 0 saturated heterocycles. The summed E-state index contributed by atoms with van der Waals surface area (Å²) in [5.41, 5.74) is 1.41. The van der Waals surface area contributed by atoms with Crippen LogP contribution in [0.3, 0.4) is 0 Å². The molecule has 5 nitrogen and oxygen atoms in total. The second-order valence-electron chi connectivity index (χ2n) is 4.94. The zero-order chi connectivity index (χ0) is 15.5. The van der Waals surface area contributed by atoms with Gasteiger partial charge in [0.2, 0.25) is 0 Å². The molecule has 0 radical (unpaired) electrons. The monoisotopic (exact) mass is 293 g/mol. The number of hydrogen-bond acceptors (Lipinski definition) is 5. The minimum absolute atomic E-state index is 0.321. The number of nitrogens with one attached hydrogen (secondary N) is 1. The largest absolute Gasteiger partial charge is 0.465 e. The number of hydrogen-bond donors (Lipinski definition) is 1. The molecule has 0 spiro atoms. The molecule has 1 N–H and O–H groups in total. The van der Waals surface area contributed by atoms with Crippen molar-refractivity contribution in [3.8, 4) is 0 Å². The van der Waals surface area contributed by atoms with Crippen molar-refractivity contribution in [1.29, 1.82) is 0 Å². The van der Waals surface area contributed by atoms with Gasteiger partial charge in [-0.15, -0.1) is 0 Å². The van der Waals surface area contributed by atoms with Crippen LogP contribution in [0.2, 0.25) is 0 Å². The van der Waals surface area contributed by atoms with Gasteiger partial charge in [0.15, 0.2) is 0 Å². The highest BCUT2D eigenvalue weighted by atomic mass is 16.5. The molecule has 21 heavy (non-hydrogen) atoms. The highest BCUT2D eigenvalue weighted by Gasteiger charge is 2.06. The maximum Gasteiger partial charge on any atom is 0.337 e. The van der Waals surface area contributed by atoms with Crippen LogP contribution in [0.15, 0.2) is 18.3 Å². The second-order valence-corrected chi connectivity index (χ2v) is 4.94. The molecule has 0 saturated carbocycles. The number of ether oxygens (including phenoxy) is 1. The Bertz CT molecular complexity index is 420. The van der Waals surface area contributed by atoms with Gasteiger partial charge in [0.1, 0.15) is 0 Å². The van der Waals surface area contributed by atoms with Gasteiger partial charge >= 0.3 is 5.97 Å². The molecule has 118 valence electrons. The molecule has 0 aliphatic rings. The van der Waals surface area contributed by atoms with Crippen LogP contribution in [-0.4, -0.2) is 49.1 Å². The Morgan fingerprint density at radius 1 is 1.33 bits per heavy atom.